The molecule has 1 atom stereocenters. The summed E-state index contributed by atoms with van der Waals surface area (Å²) in [6.45, 7) is 4.24. The summed E-state index contributed by atoms with van der Waals surface area (Å²) in [5.74, 6) is 0.256. The Labute approximate surface area is 149 Å². The van der Waals surface area contributed by atoms with Crippen LogP contribution in [0.15, 0.2) is 51.8 Å². The van der Waals surface area contributed by atoms with E-state index < -0.39 is 6.10 Å². The highest BCUT2D eigenvalue weighted by Gasteiger charge is 2.10. The number of hydrogen-bond acceptors (Lipinski definition) is 3. The summed E-state index contributed by atoms with van der Waals surface area (Å²) < 4.78 is 1.03. The molecule has 5 heteroatoms. The second-order valence-electron chi connectivity index (χ2n) is 5.43. The van der Waals surface area contributed by atoms with Gasteiger partial charge in [0.1, 0.15) is 0 Å². The molecule has 1 amide bonds. The van der Waals surface area contributed by atoms with E-state index in [1.165, 1.54) is 11.8 Å². The number of carbonyl (C=O) groups excluding carboxylic acids is 1. The van der Waals surface area contributed by atoms with E-state index in [0.29, 0.717) is 5.75 Å². The van der Waals surface area contributed by atoms with E-state index in [-0.39, 0.29) is 12.5 Å². The molecule has 0 aromatic heterocycles. The molecule has 0 fully saturated rings. The molecule has 122 valence electrons. The number of rotatable bonds is 6. The summed E-state index contributed by atoms with van der Waals surface area (Å²) >= 11 is 4.93. The maximum atomic E-state index is 11.9. The van der Waals surface area contributed by atoms with Crippen molar-refractivity contribution in [3.8, 4) is 0 Å². The maximum absolute atomic E-state index is 11.9. The highest BCUT2D eigenvalue weighted by molar-refractivity contribution is 9.10. The lowest BCUT2D eigenvalue weighted by Crippen LogP contribution is -2.29. The van der Waals surface area contributed by atoms with Crippen molar-refractivity contribution in [2.75, 3.05) is 12.3 Å². The first kappa shape index (κ1) is 18.0. The predicted octanol–water partition coefficient (Wildman–Crippen LogP) is 4.01. The lowest BCUT2D eigenvalue weighted by molar-refractivity contribution is -0.119. The van der Waals surface area contributed by atoms with Crippen LogP contribution < -0.4 is 5.32 Å². The standard InChI is InChI=1S/C18H20BrNO2S/c1-12-3-5-14(6-4-12)16(21)10-20-18(22)11-23-17-8-7-15(19)9-13(17)2/h3-9,16,21H,10-11H2,1-2H3,(H,20,22). The third kappa shape index (κ3) is 5.68. The zero-order valence-corrected chi connectivity index (χ0v) is 15.6. The monoisotopic (exact) mass is 393 g/mol. The Hall–Kier alpha value is -1.30. The van der Waals surface area contributed by atoms with Gasteiger partial charge in [0.2, 0.25) is 5.91 Å². The molecule has 2 N–H and O–H groups in total. The molecule has 0 aliphatic heterocycles. The van der Waals surface area contributed by atoms with Gasteiger partial charge in [-0.05, 0) is 43.2 Å². The highest BCUT2D eigenvalue weighted by atomic mass is 79.9. The number of aliphatic hydroxyl groups is 1. The fourth-order valence-corrected chi connectivity index (χ4v) is 3.40. The number of carbonyl (C=O) groups is 1. The van der Waals surface area contributed by atoms with Crippen LogP contribution in [0, 0.1) is 13.8 Å². The van der Waals surface area contributed by atoms with E-state index in [1.807, 2.05) is 56.3 Å². The fourth-order valence-electron chi connectivity index (χ4n) is 2.09. The second kappa shape index (κ2) is 8.52. The van der Waals surface area contributed by atoms with Crippen LogP contribution in [0.5, 0.6) is 0 Å². The normalized spacial score (nSPS) is 12.0. The van der Waals surface area contributed by atoms with Crippen molar-refractivity contribution in [1.82, 2.24) is 5.32 Å². The molecule has 0 bridgehead atoms. The smallest absolute Gasteiger partial charge is 0.230 e. The predicted molar refractivity (Wildman–Crippen MR) is 98.8 cm³/mol. The third-order valence-corrected chi connectivity index (χ3v) is 5.12. The van der Waals surface area contributed by atoms with Crippen molar-refractivity contribution in [3.05, 3.63) is 63.6 Å². The number of hydrogen-bond donors (Lipinski definition) is 2. The summed E-state index contributed by atoms with van der Waals surface area (Å²) in [5, 5.41) is 12.9. The van der Waals surface area contributed by atoms with Gasteiger partial charge in [-0.2, -0.15) is 0 Å². The van der Waals surface area contributed by atoms with Crippen LogP contribution in [0.1, 0.15) is 22.8 Å². The van der Waals surface area contributed by atoms with E-state index in [1.54, 1.807) is 0 Å². The van der Waals surface area contributed by atoms with Gasteiger partial charge >= 0.3 is 0 Å². The van der Waals surface area contributed by atoms with E-state index in [4.69, 9.17) is 0 Å². The number of halogens is 1. The van der Waals surface area contributed by atoms with Gasteiger partial charge in [0, 0.05) is 15.9 Å². The van der Waals surface area contributed by atoms with Gasteiger partial charge < -0.3 is 10.4 Å². The Bertz CT molecular complexity index is 673. The molecular formula is C18H20BrNO2S. The van der Waals surface area contributed by atoms with Gasteiger partial charge in [0.15, 0.2) is 0 Å². The lowest BCUT2D eigenvalue weighted by Gasteiger charge is -2.13. The molecule has 2 aromatic carbocycles. The number of benzene rings is 2. The Kier molecular flexibility index (Phi) is 6.69. The largest absolute Gasteiger partial charge is 0.387 e. The summed E-state index contributed by atoms with van der Waals surface area (Å²) in [6.07, 6.45) is -0.682. The molecule has 23 heavy (non-hydrogen) atoms. The van der Waals surface area contributed by atoms with Crippen molar-refractivity contribution in [3.63, 3.8) is 0 Å². The highest BCUT2D eigenvalue weighted by Crippen LogP contribution is 2.25. The molecular weight excluding hydrogens is 374 g/mol. The first-order valence-electron chi connectivity index (χ1n) is 7.36. The summed E-state index contributed by atoms with van der Waals surface area (Å²) in [6, 6.07) is 13.7. The van der Waals surface area contributed by atoms with Crippen molar-refractivity contribution in [1.29, 1.82) is 0 Å². The zero-order chi connectivity index (χ0) is 16.8. The van der Waals surface area contributed by atoms with Crippen LogP contribution in [0.2, 0.25) is 0 Å². The van der Waals surface area contributed by atoms with E-state index in [0.717, 1.165) is 26.1 Å². The molecule has 2 rings (SSSR count). The van der Waals surface area contributed by atoms with Crippen LogP contribution in [-0.4, -0.2) is 23.3 Å². The third-order valence-electron chi connectivity index (χ3n) is 3.45. The number of amides is 1. The Morgan fingerprint density at radius 2 is 1.91 bits per heavy atom. The molecule has 0 radical (unpaired) electrons. The number of thioether (sulfide) groups is 1. The minimum Gasteiger partial charge on any atom is -0.387 e. The van der Waals surface area contributed by atoms with Gasteiger partial charge in [-0.3, -0.25) is 4.79 Å². The van der Waals surface area contributed by atoms with Crippen LogP contribution in [-0.2, 0) is 4.79 Å². The SMILES string of the molecule is Cc1ccc(C(O)CNC(=O)CSc2ccc(Br)cc2C)cc1. The quantitative estimate of drug-likeness (QED) is 0.728. The van der Waals surface area contributed by atoms with Crippen LogP contribution in [0.25, 0.3) is 0 Å². The van der Waals surface area contributed by atoms with E-state index in [2.05, 4.69) is 21.2 Å². The number of aryl methyl sites for hydroxylation is 2. The Morgan fingerprint density at radius 1 is 1.22 bits per heavy atom. The molecule has 0 aliphatic carbocycles. The molecule has 0 aliphatic rings. The van der Waals surface area contributed by atoms with Crippen molar-refractivity contribution < 1.29 is 9.90 Å². The van der Waals surface area contributed by atoms with E-state index in [9.17, 15) is 9.90 Å². The summed E-state index contributed by atoms with van der Waals surface area (Å²) in [7, 11) is 0. The molecule has 0 heterocycles. The topological polar surface area (TPSA) is 49.3 Å². The van der Waals surface area contributed by atoms with Gasteiger partial charge in [0.05, 0.1) is 11.9 Å². The first-order chi connectivity index (χ1) is 11.0. The van der Waals surface area contributed by atoms with E-state index >= 15 is 0 Å². The van der Waals surface area contributed by atoms with Gasteiger partial charge in [-0.15, -0.1) is 11.8 Å². The number of aliphatic hydroxyl groups excluding tert-OH is 1. The molecule has 2 aromatic rings. The van der Waals surface area contributed by atoms with Gasteiger partial charge in [0.25, 0.3) is 0 Å². The minimum atomic E-state index is -0.682. The molecule has 1 unspecified atom stereocenters. The number of nitrogens with one attached hydrogen (secondary N) is 1. The average molecular weight is 394 g/mol. The second-order valence-corrected chi connectivity index (χ2v) is 7.36. The Morgan fingerprint density at radius 3 is 2.57 bits per heavy atom. The minimum absolute atomic E-state index is 0.0801. The molecule has 0 saturated carbocycles. The van der Waals surface area contributed by atoms with Crippen molar-refractivity contribution in [2.45, 2.75) is 24.8 Å². The van der Waals surface area contributed by atoms with Crippen LogP contribution >= 0.6 is 27.7 Å². The fraction of sp³-hybridized carbons (Fsp3) is 0.278. The molecule has 3 nitrogen and oxygen atoms in total. The van der Waals surface area contributed by atoms with Crippen LogP contribution in [0.4, 0.5) is 0 Å². The maximum Gasteiger partial charge on any atom is 0.230 e. The first-order valence-corrected chi connectivity index (χ1v) is 9.14. The van der Waals surface area contributed by atoms with Crippen LogP contribution in [0.3, 0.4) is 0 Å². The van der Waals surface area contributed by atoms with Gasteiger partial charge in [-0.1, -0.05) is 45.8 Å². The Balaban J connectivity index is 1.79. The summed E-state index contributed by atoms with van der Waals surface area (Å²) in [5.41, 5.74) is 3.09. The summed E-state index contributed by atoms with van der Waals surface area (Å²) in [4.78, 5) is 13.0. The molecule has 0 spiro atoms. The lowest BCUT2D eigenvalue weighted by atomic mass is 10.1. The average Bonchev–Trinajstić information content (AvgIpc) is 2.52. The van der Waals surface area contributed by atoms with Crippen molar-refractivity contribution in [2.24, 2.45) is 0 Å². The molecule has 0 saturated heterocycles. The van der Waals surface area contributed by atoms with Crippen molar-refractivity contribution >= 4 is 33.6 Å². The van der Waals surface area contributed by atoms with Gasteiger partial charge in [-0.25, -0.2) is 0 Å². The zero-order valence-electron chi connectivity index (χ0n) is 13.2.